The van der Waals surface area contributed by atoms with Crippen molar-refractivity contribution in [3.63, 3.8) is 0 Å². The average molecular weight is 330 g/mol. The van der Waals surface area contributed by atoms with Gasteiger partial charge in [-0.15, -0.1) is 0 Å². The summed E-state index contributed by atoms with van der Waals surface area (Å²) in [7, 11) is 2.94. The molecule has 124 valence electrons. The number of methoxy groups -OCH3 is 2. The zero-order valence-corrected chi connectivity index (χ0v) is 13.8. The number of rotatable bonds is 3. The summed E-state index contributed by atoms with van der Waals surface area (Å²) in [6.45, 7) is 3.35. The molecule has 0 radical (unpaired) electrons. The van der Waals surface area contributed by atoms with Crippen LogP contribution in [0.4, 0.5) is 10.1 Å². The van der Waals surface area contributed by atoms with Crippen LogP contribution in [-0.4, -0.2) is 35.7 Å². The summed E-state index contributed by atoms with van der Waals surface area (Å²) >= 11 is 0. The maximum atomic E-state index is 13.7. The summed E-state index contributed by atoms with van der Waals surface area (Å²) in [5.74, 6) is 0.0813. The largest absolute Gasteiger partial charge is 0.493 e. The monoisotopic (exact) mass is 330 g/mol. The van der Waals surface area contributed by atoms with E-state index < -0.39 is 0 Å². The Morgan fingerprint density at radius 3 is 2.25 bits per heavy atom. The van der Waals surface area contributed by atoms with Crippen LogP contribution in [0.2, 0.25) is 0 Å². The number of fused-ring (bicyclic) bond motifs is 1. The molecular formula is C18H17FNO4+. The van der Waals surface area contributed by atoms with Gasteiger partial charge in [0.15, 0.2) is 11.5 Å². The summed E-state index contributed by atoms with van der Waals surface area (Å²) in [6.07, 6.45) is 0. The highest BCUT2D eigenvalue weighted by Crippen LogP contribution is 2.38. The van der Waals surface area contributed by atoms with Crippen molar-refractivity contribution in [2.24, 2.45) is 0 Å². The zero-order valence-electron chi connectivity index (χ0n) is 13.8. The summed E-state index contributed by atoms with van der Waals surface area (Å²) in [6, 6.07) is 5.84. The lowest BCUT2D eigenvalue weighted by molar-refractivity contribution is -0.710. The van der Waals surface area contributed by atoms with Gasteiger partial charge in [-0.2, -0.15) is 0 Å². The molecule has 2 aromatic rings. The number of benzene rings is 2. The van der Waals surface area contributed by atoms with Gasteiger partial charge in [-0.3, -0.25) is 10.0 Å². The lowest BCUT2D eigenvalue weighted by Gasteiger charge is -2.06. The van der Waals surface area contributed by atoms with Gasteiger partial charge in [0.25, 0.3) is 11.5 Å². The summed E-state index contributed by atoms with van der Waals surface area (Å²) < 4.78 is 24.9. The van der Waals surface area contributed by atoms with Crippen LogP contribution in [0, 0.1) is 19.7 Å². The van der Waals surface area contributed by atoms with Gasteiger partial charge in [0.05, 0.1) is 25.8 Å². The van der Waals surface area contributed by atoms with Crippen molar-refractivity contribution in [2.75, 3.05) is 14.2 Å². The molecule has 1 heterocycles. The van der Waals surface area contributed by atoms with Gasteiger partial charge in [0, 0.05) is 10.8 Å². The molecule has 1 aliphatic rings. The quantitative estimate of drug-likeness (QED) is 0.694. The topological polar surface area (TPSA) is 58.8 Å². The molecule has 1 aliphatic heterocycles. The van der Waals surface area contributed by atoms with E-state index in [9.17, 15) is 14.4 Å². The third kappa shape index (κ3) is 2.14. The molecule has 5 nitrogen and oxygen atoms in total. The molecule has 0 aliphatic carbocycles. The third-order valence-electron chi connectivity index (χ3n) is 4.38. The zero-order chi connectivity index (χ0) is 17.6. The van der Waals surface area contributed by atoms with E-state index in [4.69, 9.17) is 9.47 Å². The molecule has 1 N–H and O–H groups in total. The fraction of sp³-hybridized carbons (Fsp3) is 0.222. The Morgan fingerprint density at radius 2 is 1.62 bits per heavy atom. The van der Waals surface area contributed by atoms with Crippen LogP contribution < -0.4 is 9.47 Å². The van der Waals surface area contributed by atoms with E-state index in [0.29, 0.717) is 39.4 Å². The Hall–Kier alpha value is -2.89. The normalized spacial score (nSPS) is 13.3. The number of carbonyl (C=O) groups excluding carboxylic acids is 1. The molecule has 2 aromatic carbocycles. The number of ketones is 1. The van der Waals surface area contributed by atoms with Gasteiger partial charge in [-0.1, -0.05) is 0 Å². The van der Waals surface area contributed by atoms with Crippen molar-refractivity contribution in [3.8, 4) is 11.5 Å². The van der Waals surface area contributed by atoms with Crippen LogP contribution >= 0.6 is 0 Å². The Kier molecular flexibility index (Phi) is 3.75. The Morgan fingerprint density at radius 1 is 1.00 bits per heavy atom. The average Bonchev–Trinajstić information content (AvgIpc) is 2.82. The number of ether oxygens (including phenoxy) is 2. The van der Waals surface area contributed by atoms with Crippen LogP contribution in [0.25, 0.3) is 0 Å². The molecular weight excluding hydrogens is 313 g/mol. The lowest BCUT2D eigenvalue weighted by atomic mass is 9.96. The molecule has 0 saturated carbocycles. The number of hydrogen-bond donors (Lipinski definition) is 1. The van der Waals surface area contributed by atoms with E-state index in [0.717, 1.165) is 4.74 Å². The van der Waals surface area contributed by atoms with E-state index >= 15 is 0 Å². The smallest absolute Gasteiger partial charge is 0.313 e. The number of Topliss-reactive ketones (excluding diaryl/α,β-unsaturated/α-hetero) is 1. The predicted octanol–water partition coefficient (Wildman–Crippen LogP) is 3.18. The molecule has 24 heavy (non-hydrogen) atoms. The first kappa shape index (κ1) is 16.0. The van der Waals surface area contributed by atoms with Gasteiger partial charge >= 0.3 is 5.71 Å². The number of halogens is 1. The van der Waals surface area contributed by atoms with Crippen molar-refractivity contribution >= 4 is 17.2 Å². The third-order valence-corrected chi connectivity index (χ3v) is 4.38. The van der Waals surface area contributed by atoms with E-state index in [1.54, 1.807) is 13.8 Å². The minimum absolute atomic E-state index is 0.0842. The fourth-order valence-electron chi connectivity index (χ4n) is 2.85. The SMILES string of the molecule is COc1cc2c(cc1OC)[N+](O)=C(c1ccc(F)c(C)c1C)C2=O. The molecule has 0 unspecified atom stereocenters. The van der Waals surface area contributed by atoms with Crippen LogP contribution in [-0.2, 0) is 0 Å². The Bertz CT molecular complexity index is 902. The number of nitrogens with zero attached hydrogens (tertiary/aromatic N) is 1. The highest BCUT2D eigenvalue weighted by atomic mass is 19.1. The summed E-state index contributed by atoms with van der Waals surface area (Å²) in [5, 5.41) is 10.5. The van der Waals surface area contributed by atoms with Crippen LogP contribution in [0.3, 0.4) is 0 Å². The molecule has 0 atom stereocenters. The van der Waals surface area contributed by atoms with Crippen molar-refractivity contribution in [2.45, 2.75) is 13.8 Å². The van der Waals surface area contributed by atoms with Crippen molar-refractivity contribution in [3.05, 3.63) is 52.3 Å². The molecule has 3 rings (SSSR count). The van der Waals surface area contributed by atoms with Crippen LogP contribution in [0.1, 0.15) is 27.0 Å². The molecule has 0 bridgehead atoms. The van der Waals surface area contributed by atoms with Crippen LogP contribution in [0.5, 0.6) is 11.5 Å². The maximum Gasteiger partial charge on any atom is 0.313 e. The van der Waals surface area contributed by atoms with Gasteiger partial charge in [0.1, 0.15) is 11.4 Å². The first-order chi connectivity index (χ1) is 11.4. The van der Waals surface area contributed by atoms with Gasteiger partial charge in [-0.25, -0.2) is 4.39 Å². The standard InChI is InChI=1S/C18H17FNO4/c1-9-10(2)13(19)6-5-11(9)17-18(21)12-7-15(23-3)16(24-4)8-14(12)20(17)22/h5-8,22H,1-4H3/q+1. The van der Waals surface area contributed by atoms with Gasteiger partial charge in [0.2, 0.25) is 0 Å². The van der Waals surface area contributed by atoms with Crippen molar-refractivity contribution in [1.82, 2.24) is 0 Å². The minimum atomic E-state index is -0.359. The minimum Gasteiger partial charge on any atom is -0.493 e. The highest BCUT2D eigenvalue weighted by molar-refractivity contribution is 6.52. The summed E-state index contributed by atoms with van der Waals surface area (Å²) in [5.41, 5.74) is 2.20. The van der Waals surface area contributed by atoms with Crippen molar-refractivity contribution < 1.29 is 28.6 Å². The molecule has 6 heteroatoms. The first-order valence-corrected chi connectivity index (χ1v) is 7.33. The first-order valence-electron chi connectivity index (χ1n) is 7.33. The molecule has 0 saturated heterocycles. The van der Waals surface area contributed by atoms with E-state index in [-0.39, 0.29) is 17.3 Å². The second kappa shape index (κ2) is 5.63. The Labute approximate surface area is 138 Å². The van der Waals surface area contributed by atoms with E-state index in [1.165, 1.54) is 38.5 Å². The van der Waals surface area contributed by atoms with E-state index in [1.807, 2.05) is 0 Å². The molecule has 0 aromatic heterocycles. The maximum absolute atomic E-state index is 13.7. The van der Waals surface area contributed by atoms with Crippen molar-refractivity contribution in [1.29, 1.82) is 0 Å². The highest BCUT2D eigenvalue weighted by Gasteiger charge is 2.42. The number of carbonyl (C=O) groups is 1. The van der Waals surface area contributed by atoms with Crippen LogP contribution in [0.15, 0.2) is 24.3 Å². The fourth-order valence-corrected chi connectivity index (χ4v) is 2.85. The molecule has 0 spiro atoms. The number of hydrogen-bond acceptors (Lipinski definition) is 4. The second-order valence-corrected chi connectivity index (χ2v) is 5.56. The van der Waals surface area contributed by atoms with Gasteiger partial charge < -0.3 is 9.47 Å². The second-order valence-electron chi connectivity index (χ2n) is 5.56. The van der Waals surface area contributed by atoms with E-state index in [2.05, 4.69) is 0 Å². The summed E-state index contributed by atoms with van der Waals surface area (Å²) in [4.78, 5) is 12.8. The molecule has 0 amide bonds. The Balaban J connectivity index is 2.23. The molecule has 0 fully saturated rings. The lowest BCUT2D eigenvalue weighted by Crippen LogP contribution is -2.19. The predicted molar refractivity (Wildman–Crippen MR) is 85.6 cm³/mol. The van der Waals surface area contributed by atoms with Gasteiger partial charge in [-0.05, 0) is 37.1 Å².